The van der Waals surface area contributed by atoms with E-state index in [0.717, 1.165) is 27.0 Å². The molecule has 0 spiro atoms. The lowest BCUT2D eigenvalue weighted by Gasteiger charge is -2.13. The van der Waals surface area contributed by atoms with Gasteiger partial charge in [-0.1, -0.05) is 54.1 Å². The highest BCUT2D eigenvalue weighted by atomic mass is 79.9. The summed E-state index contributed by atoms with van der Waals surface area (Å²) in [6.45, 7) is 0.457. The molecule has 2 aromatic heterocycles. The second-order valence-electron chi connectivity index (χ2n) is 9.11. The fourth-order valence-corrected chi connectivity index (χ4v) is 5.79. The van der Waals surface area contributed by atoms with Gasteiger partial charge in [0.1, 0.15) is 5.82 Å². The molecule has 41 heavy (non-hydrogen) atoms. The summed E-state index contributed by atoms with van der Waals surface area (Å²) in [5, 5.41) is 8.40. The lowest BCUT2D eigenvalue weighted by molar-refractivity contribution is -0.140. The van der Waals surface area contributed by atoms with E-state index in [1.165, 1.54) is 19.2 Å². The van der Waals surface area contributed by atoms with Crippen LogP contribution < -0.4 is 10.0 Å². The molecule has 0 aliphatic rings. The van der Waals surface area contributed by atoms with Crippen LogP contribution in [-0.2, 0) is 32.5 Å². The topological polar surface area (TPSA) is 115 Å². The molecule has 5 aromatic rings. The molecule has 0 bridgehead atoms. The number of anilines is 2. The van der Waals surface area contributed by atoms with Crippen molar-refractivity contribution in [2.45, 2.75) is 24.3 Å². The number of aryl methyl sites for hydroxylation is 1. The zero-order valence-electron chi connectivity index (χ0n) is 21.8. The van der Waals surface area contributed by atoms with Crippen molar-refractivity contribution in [2.75, 3.05) is 17.1 Å². The van der Waals surface area contributed by atoms with Crippen LogP contribution in [0.2, 0.25) is 5.02 Å². The molecule has 3 aromatic carbocycles. The molecule has 0 fully saturated rings. The van der Waals surface area contributed by atoms with Crippen LogP contribution in [0.3, 0.4) is 0 Å². The summed E-state index contributed by atoms with van der Waals surface area (Å²) in [7, 11) is -2.45. The van der Waals surface area contributed by atoms with Crippen LogP contribution in [-0.4, -0.2) is 36.1 Å². The number of halogens is 2. The lowest BCUT2D eigenvalue weighted by atomic mass is 10.1. The van der Waals surface area contributed by atoms with E-state index in [2.05, 4.69) is 35.8 Å². The van der Waals surface area contributed by atoms with E-state index < -0.39 is 10.0 Å². The lowest BCUT2D eigenvalue weighted by Crippen LogP contribution is -2.13. The van der Waals surface area contributed by atoms with Gasteiger partial charge in [-0.15, -0.1) is 0 Å². The van der Waals surface area contributed by atoms with Crippen molar-refractivity contribution < 1.29 is 17.9 Å². The van der Waals surface area contributed by atoms with Gasteiger partial charge in [-0.3, -0.25) is 9.52 Å². The van der Waals surface area contributed by atoms with Crippen LogP contribution in [0.1, 0.15) is 17.5 Å². The normalized spacial score (nSPS) is 11.4. The smallest absolute Gasteiger partial charge is 0.305 e. The van der Waals surface area contributed by atoms with Crippen molar-refractivity contribution in [1.82, 2.24) is 14.6 Å². The third kappa shape index (κ3) is 6.70. The molecule has 2 heterocycles. The molecule has 0 radical (unpaired) electrons. The number of methoxy groups -OCH3 is 1. The maximum absolute atomic E-state index is 12.9. The Kier molecular flexibility index (Phi) is 8.57. The third-order valence-corrected chi connectivity index (χ3v) is 8.62. The number of hydrogen-bond donors (Lipinski definition) is 2. The molecular formula is C29H25BrClN5O4S. The van der Waals surface area contributed by atoms with Crippen LogP contribution in [0.15, 0.2) is 94.4 Å². The Balaban J connectivity index is 1.27. The molecule has 0 aliphatic heterocycles. The van der Waals surface area contributed by atoms with Gasteiger partial charge in [0.05, 0.1) is 28.4 Å². The van der Waals surface area contributed by atoms with Crippen molar-refractivity contribution in [1.29, 1.82) is 0 Å². The second-order valence-corrected chi connectivity index (χ2v) is 12.1. The highest BCUT2D eigenvalue weighted by Gasteiger charge is 2.15. The van der Waals surface area contributed by atoms with E-state index in [0.29, 0.717) is 35.0 Å². The predicted octanol–water partition coefficient (Wildman–Crippen LogP) is 6.33. The number of fused-ring (bicyclic) bond motifs is 1. The zero-order valence-corrected chi connectivity index (χ0v) is 25.0. The summed E-state index contributed by atoms with van der Waals surface area (Å²) >= 11 is 9.93. The van der Waals surface area contributed by atoms with E-state index in [-0.39, 0.29) is 17.3 Å². The number of carbonyl (C=O) groups excluding carboxylic acids is 1. The van der Waals surface area contributed by atoms with Gasteiger partial charge in [0.15, 0.2) is 5.65 Å². The molecule has 5 rings (SSSR count). The number of nitrogens with one attached hydrogen (secondary N) is 2. The first kappa shape index (κ1) is 28.6. The minimum absolute atomic E-state index is 0.131. The molecule has 2 N–H and O–H groups in total. The molecule has 0 aliphatic carbocycles. The maximum atomic E-state index is 12.9. The van der Waals surface area contributed by atoms with E-state index in [1.807, 2.05) is 42.5 Å². The first-order chi connectivity index (χ1) is 19.7. The van der Waals surface area contributed by atoms with Gasteiger partial charge in [0, 0.05) is 35.3 Å². The van der Waals surface area contributed by atoms with E-state index in [1.54, 1.807) is 35.0 Å². The fourth-order valence-electron chi connectivity index (χ4n) is 4.15. The van der Waals surface area contributed by atoms with Gasteiger partial charge in [0.25, 0.3) is 10.0 Å². The Morgan fingerprint density at radius 1 is 1.02 bits per heavy atom. The third-order valence-electron chi connectivity index (χ3n) is 6.34. The number of benzene rings is 3. The Morgan fingerprint density at radius 3 is 2.44 bits per heavy atom. The minimum Gasteiger partial charge on any atom is -0.469 e. The number of hydrogen-bond acceptors (Lipinski definition) is 7. The predicted molar refractivity (Wildman–Crippen MR) is 162 cm³/mol. The van der Waals surface area contributed by atoms with E-state index in [4.69, 9.17) is 16.6 Å². The summed E-state index contributed by atoms with van der Waals surface area (Å²) in [6.07, 6.45) is 2.39. The standard InChI is InChI=1S/C29H25BrClN5O4S/c1-40-28(37)15-10-19-8-13-22(14-9-19)41(38,39)35-21-11-6-20(7-12-21)17-32-27-16-26(23-4-2-3-5-25(23)31)34-29-24(30)18-33-36(27)29/h2-9,11-14,16,18,32,35H,10,15,17H2,1H3. The van der Waals surface area contributed by atoms with Gasteiger partial charge < -0.3 is 10.1 Å². The minimum atomic E-state index is -3.78. The van der Waals surface area contributed by atoms with Crippen LogP contribution in [0.25, 0.3) is 16.9 Å². The molecule has 12 heteroatoms. The van der Waals surface area contributed by atoms with Crippen LogP contribution >= 0.6 is 27.5 Å². The number of rotatable bonds is 10. The average molecular weight is 655 g/mol. The monoisotopic (exact) mass is 653 g/mol. The number of esters is 1. The Morgan fingerprint density at radius 2 is 1.73 bits per heavy atom. The highest BCUT2D eigenvalue weighted by molar-refractivity contribution is 9.10. The van der Waals surface area contributed by atoms with Crippen LogP contribution in [0.5, 0.6) is 0 Å². The number of ether oxygens (including phenoxy) is 1. The molecule has 210 valence electrons. The summed E-state index contributed by atoms with van der Waals surface area (Å²) in [6, 6.07) is 22.9. The van der Waals surface area contributed by atoms with Gasteiger partial charge >= 0.3 is 5.97 Å². The zero-order chi connectivity index (χ0) is 29.0. The summed E-state index contributed by atoms with van der Waals surface area (Å²) in [5.41, 5.74) is 4.36. The average Bonchev–Trinajstić information content (AvgIpc) is 3.36. The van der Waals surface area contributed by atoms with Gasteiger partial charge in [-0.2, -0.15) is 9.61 Å². The van der Waals surface area contributed by atoms with E-state index in [9.17, 15) is 13.2 Å². The number of aromatic nitrogens is 3. The molecular weight excluding hydrogens is 630 g/mol. The molecule has 0 saturated heterocycles. The van der Waals surface area contributed by atoms with Crippen LogP contribution in [0, 0.1) is 0 Å². The second kappa shape index (κ2) is 12.3. The van der Waals surface area contributed by atoms with Gasteiger partial charge in [0.2, 0.25) is 0 Å². The quantitative estimate of drug-likeness (QED) is 0.169. The molecule has 0 amide bonds. The molecule has 0 unspecified atom stereocenters. The first-order valence-corrected chi connectivity index (χ1v) is 15.2. The SMILES string of the molecule is COC(=O)CCc1ccc(S(=O)(=O)Nc2ccc(CNc3cc(-c4ccccc4Cl)nc4c(Br)cnn34)cc2)cc1. The van der Waals surface area contributed by atoms with E-state index >= 15 is 0 Å². The van der Waals surface area contributed by atoms with Crippen molar-refractivity contribution in [3.05, 3.63) is 106 Å². The van der Waals surface area contributed by atoms with Crippen molar-refractivity contribution >= 4 is 60.7 Å². The number of carbonyl (C=O) groups is 1. The van der Waals surface area contributed by atoms with Crippen molar-refractivity contribution in [3.63, 3.8) is 0 Å². The number of sulfonamides is 1. The largest absolute Gasteiger partial charge is 0.469 e. The molecule has 0 atom stereocenters. The molecule has 9 nitrogen and oxygen atoms in total. The Bertz CT molecular complexity index is 1810. The van der Waals surface area contributed by atoms with Gasteiger partial charge in [-0.05, 0) is 63.8 Å². The van der Waals surface area contributed by atoms with Crippen molar-refractivity contribution in [3.8, 4) is 11.3 Å². The first-order valence-electron chi connectivity index (χ1n) is 12.5. The van der Waals surface area contributed by atoms with Crippen LogP contribution in [0.4, 0.5) is 11.5 Å². The van der Waals surface area contributed by atoms with Gasteiger partial charge in [-0.25, -0.2) is 13.4 Å². The molecule has 0 saturated carbocycles. The summed E-state index contributed by atoms with van der Waals surface area (Å²) in [4.78, 5) is 16.2. The number of nitrogens with zero attached hydrogens (tertiary/aromatic N) is 3. The van der Waals surface area contributed by atoms with Crippen molar-refractivity contribution in [2.24, 2.45) is 0 Å². The highest BCUT2D eigenvalue weighted by Crippen LogP contribution is 2.30. The Labute approximate surface area is 250 Å². The Hall–Kier alpha value is -3.93. The maximum Gasteiger partial charge on any atom is 0.305 e. The summed E-state index contributed by atoms with van der Waals surface area (Å²) < 4.78 is 35.5. The fraction of sp³-hybridized carbons (Fsp3) is 0.138. The summed E-state index contributed by atoms with van der Waals surface area (Å²) in [5.74, 6) is 0.405.